The summed E-state index contributed by atoms with van der Waals surface area (Å²) >= 11 is 0. The number of amides is 1. The summed E-state index contributed by atoms with van der Waals surface area (Å²) in [7, 11) is 0. The molecule has 6 heteroatoms. The summed E-state index contributed by atoms with van der Waals surface area (Å²) in [6.07, 6.45) is 6.67. The first-order valence-electron chi connectivity index (χ1n) is 9.53. The number of benzene rings is 1. The Morgan fingerprint density at radius 2 is 2.00 bits per heavy atom. The first kappa shape index (κ1) is 18.5. The second-order valence-electron chi connectivity index (χ2n) is 7.12. The molecule has 1 aliphatic carbocycles. The van der Waals surface area contributed by atoms with E-state index in [9.17, 15) is 9.59 Å². The zero-order valence-corrected chi connectivity index (χ0v) is 15.0. The molecule has 0 unspecified atom stereocenters. The number of ether oxygens (including phenoxy) is 2. The fraction of sp³-hybridized carbons (Fsp3) is 0.600. The maximum absolute atomic E-state index is 11.4. The van der Waals surface area contributed by atoms with Gasteiger partial charge in [0.1, 0.15) is 0 Å². The Morgan fingerprint density at radius 1 is 1.19 bits per heavy atom. The fourth-order valence-electron chi connectivity index (χ4n) is 3.60. The maximum Gasteiger partial charge on any atom is 0.303 e. The minimum absolute atomic E-state index is 0.0959. The lowest BCUT2D eigenvalue weighted by atomic mass is 9.91. The number of nitrogens with one attached hydrogen (secondary N) is 1. The molecule has 2 fully saturated rings. The zero-order valence-electron chi connectivity index (χ0n) is 15.0. The molecule has 1 saturated carbocycles. The second kappa shape index (κ2) is 8.92. The number of carboxylic acids is 1. The lowest BCUT2D eigenvalue weighted by Crippen LogP contribution is -2.33. The van der Waals surface area contributed by atoms with Crippen molar-refractivity contribution in [3.63, 3.8) is 0 Å². The molecule has 0 spiro atoms. The Bertz CT molecular complexity index is 629. The van der Waals surface area contributed by atoms with Crippen molar-refractivity contribution in [2.75, 3.05) is 13.2 Å². The third-order valence-corrected chi connectivity index (χ3v) is 5.09. The molecule has 1 heterocycles. The number of hydrogen-bond acceptors (Lipinski definition) is 4. The lowest BCUT2D eigenvalue weighted by Gasteiger charge is -2.24. The van der Waals surface area contributed by atoms with Crippen molar-refractivity contribution >= 4 is 11.9 Å². The van der Waals surface area contributed by atoms with Crippen LogP contribution in [0.1, 0.15) is 62.8 Å². The number of aliphatic carboxylic acids is 1. The van der Waals surface area contributed by atoms with Crippen LogP contribution in [0.25, 0.3) is 0 Å². The molecule has 1 aromatic rings. The van der Waals surface area contributed by atoms with E-state index in [1.165, 1.54) is 12.8 Å². The monoisotopic (exact) mass is 361 g/mol. The first-order chi connectivity index (χ1) is 12.6. The molecule has 1 saturated heterocycles. The van der Waals surface area contributed by atoms with Crippen LogP contribution in [-0.4, -0.2) is 36.2 Å². The van der Waals surface area contributed by atoms with Crippen molar-refractivity contribution in [3.8, 4) is 11.5 Å². The molecule has 1 aliphatic heterocycles. The minimum atomic E-state index is -0.814. The van der Waals surface area contributed by atoms with Crippen LogP contribution in [0.4, 0.5) is 0 Å². The summed E-state index contributed by atoms with van der Waals surface area (Å²) in [4.78, 5) is 22.0. The summed E-state index contributed by atoms with van der Waals surface area (Å²) in [5.74, 6) is 1.000. The topological polar surface area (TPSA) is 84.9 Å². The number of piperidine rings is 1. The van der Waals surface area contributed by atoms with Crippen molar-refractivity contribution in [1.29, 1.82) is 0 Å². The molecule has 142 valence electrons. The van der Waals surface area contributed by atoms with Gasteiger partial charge in [0.25, 0.3) is 0 Å². The lowest BCUT2D eigenvalue weighted by molar-refractivity contribution is -0.137. The molecule has 6 nitrogen and oxygen atoms in total. The van der Waals surface area contributed by atoms with Crippen LogP contribution in [0.15, 0.2) is 18.2 Å². The molecule has 0 radical (unpaired) electrons. The largest absolute Gasteiger partial charge is 0.490 e. The Hall–Kier alpha value is -2.24. The van der Waals surface area contributed by atoms with Crippen LogP contribution in [0.3, 0.4) is 0 Å². The van der Waals surface area contributed by atoms with Gasteiger partial charge in [-0.15, -0.1) is 0 Å². The first-order valence-corrected chi connectivity index (χ1v) is 9.53. The molecular weight excluding hydrogens is 334 g/mol. The van der Waals surface area contributed by atoms with Gasteiger partial charge in [-0.25, -0.2) is 0 Å². The Balaban J connectivity index is 1.69. The van der Waals surface area contributed by atoms with Gasteiger partial charge in [0.05, 0.1) is 12.7 Å². The molecular formula is C20H27NO5. The normalized spacial score (nSPS) is 20.6. The highest BCUT2D eigenvalue weighted by Gasteiger charge is 2.23. The molecule has 3 rings (SSSR count). The van der Waals surface area contributed by atoms with Crippen LogP contribution in [0, 0.1) is 0 Å². The van der Waals surface area contributed by atoms with Crippen molar-refractivity contribution in [2.24, 2.45) is 0 Å². The van der Waals surface area contributed by atoms with Crippen LogP contribution < -0.4 is 14.8 Å². The molecule has 1 amide bonds. The average molecular weight is 361 g/mol. The molecule has 2 N–H and O–H groups in total. The Kier molecular flexibility index (Phi) is 6.36. The number of carbonyl (C=O) groups excluding carboxylic acids is 1. The van der Waals surface area contributed by atoms with E-state index in [-0.39, 0.29) is 18.4 Å². The summed E-state index contributed by atoms with van der Waals surface area (Å²) in [6.45, 7) is 1.01. The zero-order chi connectivity index (χ0) is 18.4. The number of rotatable bonds is 8. The van der Waals surface area contributed by atoms with Gasteiger partial charge in [-0.05, 0) is 56.2 Å². The third kappa shape index (κ3) is 5.13. The predicted molar refractivity (Wildman–Crippen MR) is 96.7 cm³/mol. The summed E-state index contributed by atoms with van der Waals surface area (Å²) in [5, 5.41) is 11.7. The summed E-state index contributed by atoms with van der Waals surface area (Å²) in [6, 6.07) is 5.97. The van der Waals surface area contributed by atoms with Crippen LogP contribution in [0.2, 0.25) is 0 Å². The average Bonchev–Trinajstić information content (AvgIpc) is 3.13. The highest BCUT2D eigenvalue weighted by molar-refractivity contribution is 5.77. The molecule has 0 bridgehead atoms. The van der Waals surface area contributed by atoms with Gasteiger partial charge in [0, 0.05) is 25.3 Å². The molecule has 2 aliphatic rings. The van der Waals surface area contributed by atoms with E-state index in [1.54, 1.807) is 0 Å². The number of hydrogen-bond donors (Lipinski definition) is 2. The van der Waals surface area contributed by atoms with E-state index >= 15 is 0 Å². The molecule has 0 aromatic heterocycles. The summed E-state index contributed by atoms with van der Waals surface area (Å²) < 4.78 is 12.0. The molecule has 1 aromatic carbocycles. The van der Waals surface area contributed by atoms with E-state index < -0.39 is 5.97 Å². The Morgan fingerprint density at radius 3 is 2.69 bits per heavy atom. The van der Waals surface area contributed by atoms with Crippen LogP contribution in [0.5, 0.6) is 11.5 Å². The van der Waals surface area contributed by atoms with Gasteiger partial charge in [0.15, 0.2) is 11.5 Å². The van der Waals surface area contributed by atoms with Crippen molar-refractivity contribution < 1.29 is 24.2 Å². The second-order valence-corrected chi connectivity index (χ2v) is 7.12. The standard InChI is InChI=1S/C20H27NO5/c22-19-10-8-15(13-21-19)14-7-9-17(25-11-3-6-20(23)24)18(12-14)26-16-4-1-2-5-16/h7,9,12,15-16H,1-6,8,10-11,13H2,(H,21,22)(H,23,24)/t15-/m1/s1. The van der Waals surface area contributed by atoms with Gasteiger partial charge in [-0.1, -0.05) is 6.07 Å². The van der Waals surface area contributed by atoms with E-state index in [0.717, 1.165) is 30.6 Å². The van der Waals surface area contributed by atoms with Crippen molar-refractivity contribution in [3.05, 3.63) is 23.8 Å². The van der Waals surface area contributed by atoms with E-state index in [1.807, 2.05) is 18.2 Å². The van der Waals surface area contributed by atoms with Crippen LogP contribution >= 0.6 is 0 Å². The van der Waals surface area contributed by atoms with Gasteiger partial charge < -0.3 is 19.9 Å². The Labute approximate surface area is 153 Å². The fourth-order valence-corrected chi connectivity index (χ4v) is 3.60. The quantitative estimate of drug-likeness (QED) is 0.694. The van der Waals surface area contributed by atoms with Gasteiger partial charge >= 0.3 is 5.97 Å². The maximum atomic E-state index is 11.4. The summed E-state index contributed by atoms with van der Waals surface area (Å²) in [5.41, 5.74) is 1.15. The molecule has 26 heavy (non-hydrogen) atoms. The van der Waals surface area contributed by atoms with E-state index in [4.69, 9.17) is 14.6 Å². The van der Waals surface area contributed by atoms with E-state index in [0.29, 0.717) is 37.7 Å². The number of carbonyl (C=O) groups is 2. The van der Waals surface area contributed by atoms with Crippen molar-refractivity contribution in [2.45, 2.75) is 63.4 Å². The van der Waals surface area contributed by atoms with Gasteiger partial charge in [-0.3, -0.25) is 9.59 Å². The molecule has 1 atom stereocenters. The minimum Gasteiger partial charge on any atom is -0.490 e. The van der Waals surface area contributed by atoms with Gasteiger partial charge in [-0.2, -0.15) is 0 Å². The van der Waals surface area contributed by atoms with Gasteiger partial charge in [0.2, 0.25) is 5.91 Å². The van der Waals surface area contributed by atoms with Crippen molar-refractivity contribution in [1.82, 2.24) is 5.32 Å². The highest BCUT2D eigenvalue weighted by Crippen LogP contribution is 2.36. The third-order valence-electron chi connectivity index (χ3n) is 5.09. The van der Waals surface area contributed by atoms with E-state index in [2.05, 4.69) is 5.32 Å². The smallest absolute Gasteiger partial charge is 0.303 e. The SMILES string of the molecule is O=C(O)CCCOc1ccc([C@@H]2CCC(=O)NC2)cc1OC1CCCC1. The predicted octanol–water partition coefficient (Wildman–Crippen LogP) is 3.25. The number of carboxylic acid groups (broad SMARTS) is 1. The van der Waals surface area contributed by atoms with Crippen LogP contribution in [-0.2, 0) is 9.59 Å². The highest BCUT2D eigenvalue weighted by atomic mass is 16.5.